The topological polar surface area (TPSA) is 91.3 Å². The van der Waals surface area contributed by atoms with Crippen molar-refractivity contribution in [1.29, 1.82) is 0 Å². The minimum atomic E-state index is -4.28. The van der Waals surface area contributed by atoms with Crippen LogP contribution < -0.4 is 0 Å². The molecule has 0 saturated heterocycles. The highest BCUT2D eigenvalue weighted by Gasteiger charge is 2.26. The Morgan fingerprint density at radius 1 is 0.561 bits per heavy atom. The van der Waals surface area contributed by atoms with E-state index in [0.29, 0.717) is 24.1 Å². The number of unbranched alkanes of at least 4 members (excludes halogenated alkanes) is 21. The number of esters is 1. The molecule has 0 aliphatic rings. The fraction of sp³-hybridized carbons (Fsp3) is 0.812. The maximum absolute atomic E-state index is 12.7. The number of hydrogen-bond acceptors (Lipinski definition) is 6. The summed E-state index contributed by atoms with van der Waals surface area (Å²) in [7, 11) is 1.66. The third-order valence-electron chi connectivity index (χ3n) is 9.90. The van der Waals surface area contributed by atoms with Gasteiger partial charge in [-0.25, -0.2) is 4.57 Å². The Morgan fingerprint density at radius 2 is 1.02 bits per heavy atom. The van der Waals surface area contributed by atoms with E-state index in [1.807, 2.05) is 21.1 Å². The van der Waals surface area contributed by atoms with Crippen molar-refractivity contribution < 1.29 is 37.3 Å². The Morgan fingerprint density at radius 3 is 1.53 bits per heavy atom. The largest absolute Gasteiger partial charge is 0.472 e. The summed E-state index contributed by atoms with van der Waals surface area (Å²) in [6.07, 6.45) is 50.0. The molecule has 9 heteroatoms. The van der Waals surface area contributed by atoms with E-state index < -0.39 is 13.9 Å². The number of allylic oxidation sites excluding steroid dienone is 8. The lowest BCUT2D eigenvalue weighted by atomic mass is 10.0. The van der Waals surface area contributed by atoms with Gasteiger partial charge in [0.2, 0.25) is 0 Å². The number of nitrogens with zero attached hydrogens (tertiary/aromatic N) is 1. The average molecular weight is 825 g/mol. The molecule has 57 heavy (non-hydrogen) atoms. The molecule has 0 aliphatic heterocycles. The van der Waals surface area contributed by atoms with Crippen molar-refractivity contribution >= 4 is 13.8 Å². The molecule has 0 bridgehead atoms. The van der Waals surface area contributed by atoms with Gasteiger partial charge in [0.1, 0.15) is 19.3 Å². The second kappa shape index (κ2) is 41.2. The number of carbonyl (C=O) groups excluding carboxylic acids is 1. The molecule has 8 nitrogen and oxygen atoms in total. The van der Waals surface area contributed by atoms with Gasteiger partial charge in [0.25, 0.3) is 0 Å². The summed E-state index contributed by atoms with van der Waals surface area (Å²) in [6, 6.07) is 0. The van der Waals surface area contributed by atoms with Gasteiger partial charge < -0.3 is 18.9 Å². The van der Waals surface area contributed by atoms with Gasteiger partial charge >= 0.3 is 13.8 Å². The van der Waals surface area contributed by atoms with Crippen LogP contribution in [-0.4, -0.2) is 75.6 Å². The molecular weight excluding hydrogens is 734 g/mol. The molecule has 0 spiro atoms. The lowest BCUT2D eigenvalue weighted by Crippen LogP contribution is -2.37. The smallest absolute Gasteiger partial charge is 0.457 e. The zero-order valence-corrected chi connectivity index (χ0v) is 38.7. The van der Waals surface area contributed by atoms with Crippen molar-refractivity contribution in [2.24, 2.45) is 0 Å². The summed E-state index contributed by atoms with van der Waals surface area (Å²) in [6.45, 7) is 5.52. The van der Waals surface area contributed by atoms with E-state index in [2.05, 4.69) is 62.5 Å². The summed E-state index contributed by atoms with van der Waals surface area (Å²) in [5.41, 5.74) is 0. The molecule has 334 valence electrons. The third kappa shape index (κ3) is 45.4. The molecule has 0 heterocycles. The lowest BCUT2D eigenvalue weighted by Gasteiger charge is -2.24. The number of phosphoric ester groups is 1. The second-order valence-corrected chi connectivity index (χ2v) is 18.2. The van der Waals surface area contributed by atoms with Crippen molar-refractivity contribution in [3.63, 3.8) is 0 Å². The van der Waals surface area contributed by atoms with Crippen LogP contribution in [0.25, 0.3) is 0 Å². The average Bonchev–Trinajstić information content (AvgIpc) is 3.16. The van der Waals surface area contributed by atoms with Gasteiger partial charge in [0, 0.05) is 13.0 Å². The zero-order valence-electron chi connectivity index (χ0n) is 37.8. The monoisotopic (exact) mass is 825 g/mol. The van der Waals surface area contributed by atoms with E-state index >= 15 is 0 Å². The van der Waals surface area contributed by atoms with Crippen LogP contribution >= 0.6 is 7.82 Å². The number of hydrogen-bond donors (Lipinski definition) is 1. The molecule has 1 N–H and O–H groups in total. The summed E-state index contributed by atoms with van der Waals surface area (Å²) in [5, 5.41) is 0. The van der Waals surface area contributed by atoms with Crippen LogP contribution in [0.4, 0.5) is 0 Å². The molecular formula is C48H91NO7P+. The number of quaternary nitrogens is 1. The van der Waals surface area contributed by atoms with Crippen LogP contribution in [-0.2, 0) is 27.9 Å². The minimum Gasteiger partial charge on any atom is -0.457 e. The van der Waals surface area contributed by atoms with Crippen molar-refractivity contribution in [3.05, 3.63) is 48.6 Å². The summed E-state index contributed by atoms with van der Waals surface area (Å²) in [4.78, 5) is 22.9. The fourth-order valence-corrected chi connectivity index (χ4v) is 7.05. The van der Waals surface area contributed by atoms with Crippen LogP contribution in [0.5, 0.6) is 0 Å². The number of carbonyl (C=O) groups is 1. The summed E-state index contributed by atoms with van der Waals surface area (Å²) >= 11 is 0. The molecule has 0 aromatic rings. The maximum atomic E-state index is 12.7. The quantitative estimate of drug-likeness (QED) is 0.0215. The predicted molar refractivity (Wildman–Crippen MR) is 243 cm³/mol. The van der Waals surface area contributed by atoms with E-state index in [4.69, 9.17) is 18.5 Å². The summed E-state index contributed by atoms with van der Waals surface area (Å²) in [5.74, 6) is -0.321. The first-order valence-corrected chi connectivity index (χ1v) is 24.9. The standard InChI is InChI=1S/C48H90NO7P/c1-6-8-10-12-14-16-18-20-22-23-24-25-26-27-28-29-31-33-35-37-39-41-48(50)56-47(46-55-57(51,52)54-44-42-49(3,4)5)45-53-43-40-38-36-34-32-30-21-19-17-15-13-11-9-7-2/h8,10,14,16,20,22,24-25,47H,6-7,9,11-13,15,17-19,21,23,26-46H2,1-5H3/p+1/b10-8-,16-14-,22-20-,25-24-. The normalized spacial score (nSPS) is 14.1. The molecule has 2 atom stereocenters. The van der Waals surface area contributed by atoms with Gasteiger partial charge in [-0.3, -0.25) is 13.8 Å². The lowest BCUT2D eigenvalue weighted by molar-refractivity contribution is -0.870. The Labute approximate surface area is 352 Å². The van der Waals surface area contributed by atoms with Crippen molar-refractivity contribution in [2.45, 2.75) is 200 Å². The van der Waals surface area contributed by atoms with Gasteiger partial charge in [0.15, 0.2) is 0 Å². The first-order valence-electron chi connectivity index (χ1n) is 23.4. The van der Waals surface area contributed by atoms with Crippen LogP contribution in [0.15, 0.2) is 48.6 Å². The molecule has 0 saturated carbocycles. The number of likely N-dealkylation sites (N-methyl/N-ethyl adjacent to an activating group) is 1. The van der Waals surface area contributed by atoms with Crippen molar-refractivity contribution in [3.8, 4) is 0 Å². The molecule has 0 aromatic carbocycles. The van der Waals surface area contributed by atoms with Crippen LogP contribution in [0.2, 0.25) is 0 Å². The SMILES string of the molecule is CC/C=C\C/C=C\C/C=C\C/C=C\CCCCCCCCCCC(=O)OC(COCCCCCCCCCCCCCCCC)COP(=O)(O)OCC[N+](C)(C)C. The second-order valence-electron chi connectivity index (χ2n) is 16.8. The molecule has 0 aliphatic carbocycles. The van der Waals surface area contributed by atoms with Gasteiger partial charge in [-0.15, -0.1) is 0 Å². The van der Waals surface area contributed by atoms with Crippen LogP contribution in [0.1, 0.15) is 194 Å². The van der Waals surface area contributed by atoms with Gasteiger partial charge in [-0.1, -0.05) is 184 Å². The molecule has 2 unspecified atom stereocenters. The Balaban J connectivity index is 4.19. The first-order chi connectivity index (χ1) is 27.6. The molecule has 0 fully saturated rings. The first kappa shape index (κ1) is 55.5. The maximum Gasteiger partial charge on any atom is 0.472 e. The van der Waals surface area contributed by atoms with Crippen LogP contribution in [0.3, 0.4) is 0 Å². The van der Waals surface area contributed by atoms with E-state index in [0.717, 1.165) is 64.2 Å². The molecule has 0 rings (SSSR count). The van der Waals surface area contributed by atoms with E-state index in [1.54, 1.807) is 0 Å². The highest BCUT2D eigenvalue weighted by molar-refractivity contribution is 7.47. The van der Waals surface area contributed by atoms with Gasteiger partial charge in [-0.2, -0.15) is 0 Å². The minimum absolute atomic E-state index is 0.0867. The van der Waals surface area contributed by atoms with Gasteiger partial charge in [-0.05, 0) is 51.4 Å². The number of rotatable bonds is 43. The van der Waals surface area contributed by atoms with Crippen molar-refractivity contribution in [1.82, 2.24) is 0 Å². The van der Waals surface area contributed by atoms with E-state index in [1.165, 1.54) is 109 Å². The number of ether oxygens (including phenoxy) is 2. The Hall–Kier alpha value is -1.54. The molecule has 0 amide bonds. The number of phosphoric acid groups is 1. The Kier molecular flexibility index (Phi) is 40.1. The van der Waals surface area contributed by atoms with E-state index in [-0.39, 0.29) is 25.8 Å². The molecule has 0 radical (unpaired) electrons. The zero-order chi connectivity index (χ0) is 42.0. The third-order valence-corrected chi connectivity index (χ3v) is 10.9. The summed E-state index contributed by atoms with van der Waals surface area (Å²) < 4.78 is 35.0. The fourth-order valence-electron chi connectivity index (χ4n) is 6.31. The van der Waals surface area contributed by atoms with Crippen LogP contribution in [0, 0.1) is 0 Å². The highest BCUT2D eigenvalue weighted by atomic mass is 31.2. The van der Waals surface area contributed by atoms with E-state index in [9.17, 15) is 14.3 Å². The Bertz CT molecular complexity index is 1050. The highest BCUT2D eigenvalue weighted by Crippen LogP contribution is 2.43. The molecule has 0 aromatic heterocycles. The predicted octanol–water partition coefficient (Wildman–Crippen LogP) is 13.9. The van der Waals surface area contributed by atoms with Crippen molar-refractivity contribution in [2.75, 3.05) is 54.1 Å². The van der Waals surface area contributed by atoms with Gasteiger partial charge in [0.05, 0.1) is 34.4 Å².